The molecular weight excluding hydrogens is 234 g/mol. The highest BCUT2D eigenvalue weighted by Gasteiger charge is 2.13. The topological polar surface area (TPSA) is 80.3 Å². The summed E-state index contributed by atoms with van der Waals surface area (Å²) in [6.07, 6.45) is 3.70. The van der Waals surface area contributed by atoms with E-state index in [1.54, 1.807) is 16.9 Å². The molecule has 2 N–H and O–H groups in total. The Labute approximate surface area is 104 Å². The van der Waals surface area contributed by atoms with E-state index in [1.807, 2.05) is 20.2 Å². The molecule has 96 valence electrons. The molecule has 18 heavy (non-hydrogen) atoms. The first-order chi connectivity index (χ1) is 8.56. The number of aryl methyl sites for hydroxylation is 1. The van der Waals surface area contributed by atoms with E-state index in [9.17, 15) is 4.79 Å². The first-order valence-electron chi connectivity index (χ1n) is 5.60. The molecule has 6 heteroatoms. The van der Waals surface area contributed by atoms with Gasteiger partial charge in [0.25, 0.3) is 0 Å². The van der Waals surface area contributed by atoms with Gasteiger partial charge in [0.1, 0.15) is 5.76 Å². The molecule has 2 aromatic rings. The van der Waals surface area contributed by atoms with Crippen molar-refractivity contribution in [1.29, 1.82) is 0 Å². The Morgan fingerprint density at radius 3 is 2.94 bits per heavy atom. The van der Waals surface area contributed by atoms with E-state index in [2.05, 4.69) is 10.4 Å². The van der Waals surface area contributed by atoms with Crippen LogP contribution in [-0.2, 0) is 13.6 Å². The van der Waals surface area contributed by atoms with Crippen molar-refractivity contribution in [3.63, 3.8) is 0 Å². The number of furan rings is 1. The molecule has 0 aliphatic rings. The van der Waals surface area contributed by atoms with Gasteiger partial charge in [0.05, 0.1) is 12.2 Å². The van der Waals surface area contributed by atoms with E-state index in [1.165, 1.54) is 6.07 Å². The highest BCUT2D eigenvalue weighted by atomic mass is 16.4. The van der Waals surface area contributed by atoms with Gasteiger partial charge in [-0.05, 0) is 19.1 Å². The maximum Gasteiger partial charge on any atom is 0.371 e. The first kappa shape index (κ1) is 12.4. The molecule has 2 aromatic heterocycles. The summed E-state index contributed by atoms with van der Waals surface area (Å²) in [5.41, 5.74) is 1.06. The Bertz CT molecular complexity index is 544. The van der Waals surface area contributed by atoms with Crippen LogP contribution in [0.1, 0.15) is 34.8 Å². The van der Waals surface area contributed by atoms with Crippen molar-refractivity contribution >= 4 is 5.97 Å². The molecule has 0 fully saturated rings. The van der Waals surface area contributed by atoms with E-state index < -0.39 is 5.97 Å². The van der Waals surface area contributed by atoms with Gasteiger partial charge in [-0.25, -0.2) is 4.79 Å². The van der Waals surface area contributed by atoms with Crippen LogP contribution in [0.3, 0.4) is 0 Å². The molecule has 0 amide bonds. The SMILES string of the molecule is CC(NCc1cnn(C)c1)c1ccc(C(=O)O)o1. The second kappa shape index (κ2) is 5.05. The van der Waals surface area contributed by atoms with Crippen LogP contribution in [0, 0.1) is 0 Å². The van der Waals surface area contributed by atoms with Gasteiger partial charge in [-0.3, -0.25) is 4.68 Å². The summed E-state index contributed by atoms with van der Waals surface area (Å²) >= 11 is 0. The number of carboxylic acid groups (broad SMARTS) is 1. The van der Waals surface area contributed by atoms with Crippen molar-refractivity contribution in [3.05, 3.63) is 41.6 Å². The molecular formula is C12H15N3O3. The normalized spacial score (nSPS) is 12.6. The van der Waals surface area contributed by atoms with Crippen LogP contribution in [0.4, 0.5) is 0 Å². The standard InChI is InChI=1S/C12H15N3O3/c1-8(10-3-4-11(18-10)12(16)17)13-5-9-6-14-15(2)7-9/h3-4,6-8,13H,5H2,1-2H3,(H,16,17). The first-order valence-corrected chi connectivity index (χ1v) is 5.60. The van der Waals surface area contributed by atoms with Gasteiger partial charge in [0, 0.05) is 25.4 Å². The Morgan fingerprint density at radius 1 is 1.61 bits per heavy atom. The highest BCUT2D eigenvalue weighted by molar-refractivity contribution is 5.84. The fourth-order valence-corrected chi connectivity index (χ4v) is 1.64. The molecule has 0 aliphatic carbocycles. The molecule has 0 spiro atoms. The summed E-state index contributed by atoms with van der Waals surface area (Å²) in [5, 5.41) is 16.1. The zero-order chi connectivity index (χ0) is 13.1. The molecule has 1 unspecified atom stereocenters. The minimum Gasteiger partial charge on any atom is -0.475 e. The van der Waals surface area contributed by atoms with Gasteiger partial charge in [-0.2, -0.15) is 5.10 Å². The minimum atomic E-state index is -1.05. The van der Waals surface area contributed by atoms with Crippen LogP contribution in [0.5, 0.6) is 0 Å². The number of rotatable bonds is 5. The number of carbonyl (C=O) groups is 1. The van der Waals surface area contributed by atoms with Crippen molar-refractivity contribution in [3.8, 4) is 0 Å². The van der Waals surface area contributed by atoms with Crippen molar-refractivity contribution < 1.29 is 14.3 Å². The van der Waals surface area contributed by atoms with Crippen LogP contribution in [0.15, 0.2) is 28.9 Å². The zero-order valence-electron chi connectivity index (χ0n) is 10.3. The van der Waals surface area contributed by atoms with Crippen LogP contribution in [0.2, 0.25) is 0 Å². The number of aromatic nitrogens is 2. The highest BCUT2D eigenvalue weighted by Crippen LogP contribution is 2.16. The molecule has 2 heterocycles. The molecule has 0 aromatic carbocycles. The predicted octanol–water partition coefficient (Wildman–Crippen LogP) is 1.56. The van der Waals surface area contributed by atoms with Crippen LogP contribution >= 0.6 is 0 Å². The number of nitrogens with zero attached hydrogens (tertiary/aromatic N) is 2. The lowest BCUT2D eigenvalue weighted by Crippen LogP contribution is -2.17. The number of hydrogen-bond donors (Lipinski definition) is 2. The Balaban J connectivity index is 1.94. The van der Waals surface area contributed by atoms with Crippen molar-refractivity contribution in [2.75, 3.05) is 0 Å². The fraction of sp³-hybridized carbons (Fsp3) is 0.333. The molecule has 0 saturated heterocycles. The third-order valence-corrected chi connectivity index (χ3v) is 2.64. The molecule has 0 aliphatic heterocycles. The number of hydrogen-bond acceptors (Lipinski definition) is 4. The van der Waals surface area contributed by atoms with Crippen LogP contribution in [-0.4, -0.2) is 20.9 Å². The van der Waals surface area contributed by atoms with E-state index in [0.717, 1.165) is 5.56 Å². The van der Waals surface area contributed by atoms with E-state index in [-0.39, 0.29) is 11.8 Å². The van der Waals surface area contributed by atoms with Crippen molar-refractivity contribution in [2.45, 2.75) is 19.5 Å². The molecule has 0 bridgehead atoms. The van der Waals surface area contributed by atoms with E-state index >= 15 is 0 Å². The number of carboxylic acids is 1. The largest absolute Gasteiger partial charge is 0.475 e. The summed E-state index contributed by atoms with van der Waals surface area (Å²) < 4.78 is 6.95. The quantitative estimate of drug-likeness (QED) is 0.840. The second-order valence-corrected chi connectivity index (χ2v) is 4.13. The smallest absolute Gasteiger partial charge is 0.371 e. The zero-order valence-corrected chi connectivity index (χ0v) is 10.3. The number of nitrogens with one attached hydrogen (secondary N) is 1. The third-order valence-electron chi connectivity index (χ3n) is 2.64. The molecule has 1 atom stereocenters. The van der Waals surface area contributed by atoms with E-state index in [4.69, 9.17) is 9.52 Å². The lowest BCUT2D eigenvalue weighted by atomic mass is 10.2. The monoisotopic (exact) mass is 249 g/mol. The van der Waals surface area contributed by atoms with Gasteiger partial charge in [0.15, 0.2) is 0 Å². The lowest BCUT2D eigenvalue weighted by molar-refractivity contribution is 0.0659. The van der Waals surface area contributed by atoms with Gasteiger partial charge in [0.2, 0.25) is 5.76 Å². The van der Waals surface area contributed by atoms with E-state index in [0.29, 0.717) is 12.3 Å². The third kappa shape index (κ3) is 2.78. The predicted molar refractivity (Wildman–Crippen MR) is 64.1 cm³/mol. The average Bonchev–Trinajstić information content (AvgIpc) is 2.94. The van der Waals surface area contributed by atoms with Crippen LogP contribution < -0.4 is 5.32 Å². The van der Waals surface area contributed by atoms with Crippen molar-refractivity contribution in [2.24, 2.45) is 7.05 Å². The van der Waals surface area contributed by atoms with Crippen LogP contribution in [0.25, 0.3) is 0 Å². The fourth-order valence-electron chi connectivity index (χ4n) is 1.64. The molecule has 0 saturated carbocycles. The van der Waals surface area contributed by atoms with Gasteiger partial charge < -0.3 is 14.8 Å². The summed E-state index contributed by atoms with van der Waals surface area (Å²) in [4.78, 5) is 10.7. The minimum absolute atomic E-state index is 0.0416. The van der Waals surface area contributed by atoms with Gasteiger partial charge in [-0.15, -0.1) is 0 Å². The second-order valence-electron chi connectivity index (χ2n) is 4.13. The maximum absolute atomic E-state index is 10.7. The summed E-state index contributed by atoms with van der Waals surface area (Å²) in [5.74, 6) is -0.489. The summed E-state index contributed by atoms with van der Waals surface area (Å²) in [6.45, 7) is 2.57. The average molecular weight is 249 g/mol. The lowest BCUT2D eigenvalue weighted by Gasteiger charge is -2.09. The van der Waals surface area contributed by atoms with Gasteiger partial charge in [-0.1, -0.05) is 0 Å². The van der Waals surface area contributed by atoms with Crippen molar-refractivity contribution in [1.82, 2.24) is 15.1 Å². The summed E-state index contributed by atoms with van der Waals surface area (Å²) in [6, 6.07) is 3.07. The summed E-state index contributed by atoms with van der Waals surface area (Å²) in [7, 11) is 1.86. The Morgan fingerprint density at radius 2 is 2.39 bits per heavy atom. The maximum atomic E-state index is 10.7. The number of aromatic carboxylic acids is 1. The van der Waals surface area contributed by atoms with Gasteiger partial charge >= 0.3 is 5.97 Å². The molecule has 6 nitrogen and oxygen atoms in total. The Kier molecular flexibility index (Phi) is 3.47. The molecule has 0 radical (unpaired) electrons. The Hall–Kier alpha value is -2.08. The molecule has 2 rings (SSSR count).